The molecule has 0 bridgehead atoms. The lowest BCUT2D eigenvalue weighted by Gasteiger charge is -2.14. The lowest BCUT2D eigenvalue weighted by molar-refractivity contribution is -0.136. The van der Waals surface area contributed by atoms with Crippen LogP contribution in [0.2, 0.25) is 0 Å². The Morgan fingerprint density at radius 3 is 2.72 bits per heavy atom. The third-order valence-corrected chi connectivity index (χ3v) is 6.05. The number of ether oxygens (including phenoxy) is 1. The van der Waals surface area contributed by atoms with Crippen molar-refractivity contribution in [3.8, 4) is 16.9 Å². The molecule has 25 heavy (non-hydrogen) atoms. The monoisotopic (exact) mass is 353 g/mol. The zero-order valence-corrected chi connectivity index (χ0v) is 15.1. The van der Waals surface area contributed by atoms with Crippen molar-refractivity contribution in [3.63, 3.8) is 0 Å². The molecule has 1 aliphatic rings. The second-order valence-electron chi connectivity index (χ2n) is 6.39. The summed E-state index contributed by atoms with van der Waals surface area (Å²) in [6, 6.07) is 7.87. The smallest absolute Gasteiger partial charge is 0.307 e. The predicted molar refractivity (Wildman–Crippen MR) is 99.7 cm³/mol. The Labute approximate surface area is 150 Å². The van der Waals surface area contributed by atoms with Crippen molar-refractivity contribution in [2.75, 3.05) is 7.11 Å². The number of carbonyl (C=O) groups is 1. The zero-order valence-electron chi connectivity index (χ0n) is 14.3. The number of hydrogen-bond acceptors (Lipinski definition) is 4. The number of carboxylic acid groups (broad SMARTS) is 1. The van der Waals surface area contributed by atoms with Crippen LogP contribution in [0.1, 0.15) is 28.1 Å². The van der Waals surface area contributed by atoms with E-state index >= 15 is 0 Å². The number of hydrogen-bond donors (Lipinski definition) is 1. The molecular formula is C20H19NO3S. The largest absolute Gasteiger partial charge is 0.497 e. The van der Waals surface area contributed by atoms with Crippen LogP contribution in [0, 0.1) is 6.92 Å². The third kappa shape index (κ3) is 2.68. The first kappa shape index (κ1) is 16.1. The Kier molecular flexibility index (Phi) is 3.96. The summed E-state index contributed by atoms with van der Waals surface area (Å²) in [6.07, 6.45) is 3.31. The number of aliphatic carboxylic acids is 1. The summed E-state index contributed by atoms with van der Waals surface area (Å²) >= 11 is 1.76. The maximum atomic E-state index is 11.5. The second-order valence-corrected chi connectivity index (χ2v) is 7.47. The molecule has 1 aromatic carbocycles. The molecule has 3 aromatic rings. The van der Waals surface area contributed by atoms with Crippen LogP contribution in [0.25, 0.3) is 21.3 Å². The van der Waals surface area contributed by atoms with Crippen molar-refractivity contribution in [1.82, 2.24) is 4.98 Å². The average molecular weight is 353 g/mol. The first-order chi connectivity index (χ1) is 12.1. The standard InChI is InChI=1S/C20H19NO3S/c1-11-15(10-17(22)23)18(12-6-8-13(24-2)9-7-12)19-14-4-3-5-16(14)25-20(19)21-11/h6-9H,3-5,10H2,1-2H3,(H,22,23). The van der Waals surface area contributed by atoms with Crippen molar-refractivity contribution < 1.29 is 14.6 Å². The molecule has 0 saturated heterocycles. The van der Waals surface area contributed by atoms with Crippen LogP contribution in [0.4, 0.5) is 0 Å². The topological polar surface area (TPSA) is 59.4 Å². The van der Waals surface area contributed by atoms with Gasteiger partial charge in [0.25, 0.3) is 0 Å². The fourth-order valence-corrected chi connectivity index (χ4v) is 5.04. The highest BCUT2D eigenvalue weighted by Crippen LogP contribution is 2.44. The van der Waals surface area contributed by atoms with E-state index in [1.807, 2.05) is 31.2 Å². The summed E-state index contributed by atoms with van der Waals surface area (Å²) in [7, 11) is 1.64. The highest BCUT2D eigenvalue weighted by Gasteiger charge is 2.25. The van der Waals surface area contributed by atoms with Gasteiger partial charge in [-0.05, 0) is 60.6 Å². The normalized spacial score (nSPS) is 13.2. The molecule has 0 atom stereocenters. The van der Waals surface area contributed by atoms with E-state index in [1.54, 1.807) is 18.4 Å². The van der Waals surface area contributed by atoms with Crippen LogP contribution in [-0.2, 0) is 24.1 Å². The van der Waals surface area contributed by atoms with E-state index in [0.29, 0.717) is 0 Å². The summed E-state index contributed by atoms with van der Waals surface area (Å²) in [5.41, 5.74) is 5.05. The fourth-order valence-electron chi connectivity index (χ4n) is 3.72. The number of pyridine rings is 1. The van der Waals surface area contributed by atoms with Gasteiger partial charge in [-0.2, -0.15) is 0 Å². The van der Waals surface area contributed by atoms with E-state index in [4.69, 9.17) is 9.72 Å². The Morgan fingerprint density at radius 2 is 2.04 bits per heavy atom. The molecule has 0 amide bonds. The van der Waals surface area contributed by atoms with Gasteiger partial charge in [-0.15, -0.1) is 11.3 Å². The van der Waals surface area contributed by atoms with Gasteiger partial charge in [0.2, 0.25) is 0 Å². The fraction of sp³-hybridized carbons (Fsp3) is 0.300. The number of methoxy groups -OCH3 is 1. The Balaban J connectivity index is 2.04. The summed E-state index contributed by atoms with van der Waals surface area (Å²) in [5, 5.41) is 10.6. The maximum absolute atomic E-state index is 11.5. The third-order valence-electron chi connectivity index (χ3n) is 4.87. The molecule has 0 unspecified atom stereocenters. The maximum Gasteiger partial charge on any atom is 0.307 e. The lowest BCUT2D eigenvalue weighted by Crippen LogP contribution is -2.06. The molecule has 0 radical (unpaired) electrons. The van der Waals surface area contributed by atoms with Gasteiger partial charge >= 0.3 is 5.97 Å². The van der Waals surface area contributed by atoms with Crippen LogP contribution in [0.3, 0.4) is 0 Å². The van der Waals surface area contributed by atoms with E-state index in [1.165, 1.54) is 16.9 Å². The van der Waals surface area contributed by atoms with E-state index < -0.39 is 5.97 Å². The number of rotatable bonds is 4. The molecule has 0 fully saturated rings. The number of benzene rings is 1. The predicted octanol–water partition coefficient (Wildman–Crippen LogP) is 4.40. The van der Waals surface area contributed by atoms with Crippen LogP contribution in [0.5, 0.6) is 5.75 Å². The Bertz CT molecular complexity index is 973. The summed E-state index contributed by atoms with van der Waals surface area (Å²) in [4.78, 5) is 18.6. The van der Waals surface area contributed by atoms with E-state index in [0.717, 1.165) is 51.2 Å². The number of fused-ring (bicyclic) bond motifs is 3. The lowest BCUT2D eigenvalue weighted by atomic mass is 9.92. The van der Waals surface area contributed by atoms with E-state index in [9.17, 15) is 9.90 Å². The van der Waals surface area contributed by atoms with Crippen molar-refractivity contribution in [2.45, 2.75) is 32.6 Å². The van der Waals surface area contributed by atoms with Crippen LogP contribution >= 0.6 is 11.3 Å². The first-order valence-corrected chi connectivity index (χ1v) is 9.20. The van der Waals surface area contributed by atoms with Crippen molar-refractivity contribution in [1.29, 1.82) is 0 Å². The number of thiophene rings is 1. The average Bonchev–Trinajstić information content (AvgIpc) is 3.16. The van der Waals surface area contributed by atoms with Crippen molar-refractivity contribution in [2.24, 2.45) is 0 Å². The molecule has 128 valence electrons. The Hall–Kier alpha value is -2.40. The molecule has 5 heteroatoms. The number of aryl methyl sites for hydroxylation is 3. The van der Waals surface area contributed by atoms with Gasteiger partial charge < -0.3 is 9.84 Å². The van der Waals surface area contributed by atoms with E-state index in [2.05, 4.69) is 0 Å². The van der Waals surface area contributed by atoms with Crippen molar-refractivity contribution >= 4 is 27.5 Å². The van der Waals surface area contributed by atoms with Crippen LogP contribution in [-0.4, -0.2) is 23.2 Å². The molecule has 4 rings (SSSR count). The molecule has 1 N–H and O–H groups in total. The highest BCUT2D eigenvalue weighted by atomic mass is 32.1. The van der Waals surface area contributed by atoms with Gasteiger partial charge in [-0.25, -0.2) is 4.98 Å². The quantitative estimate of drug-likeness (QED) is 0.755. The van der Waals surface area contributed by atoms with Crippen LogP contribution < -0.4 is 4.74 Å². The highest BCUT2D eigenvalue weighted by molar-refractivity contribution is 7.19. The zero-order chi connectivity index (χ0) is 17.6. The summed E-state index contributed by atoms with van der Waals surface area (Å²) < 4.78 is 5.27. The molecule has 0 aliphatic heterocycles. The number of nitrogens with zero attached hydrogens (tertiary/aromatic N) is 1. The molecule has 2 aromatic heterocycles. The first-order valence-electron chi connectivity index (χ1n) is 8.38. The molecule has 0 saturated carbocycles. The number of carboxylic acids is 1. The van der Waals surface area contributed by atoms with Gasteiger partial charge in [-0.3, -0.25) is 4.79 Å². The Morgan fingerprint density at radius 1 is 1.28 bits per heavy atom. The summed E-state index contributed by atoms with van der Waals surface area (Å²) in [5.74, 6) is -0.0352. The SMILES string of the molecule is COc1ccc(-c2c(CC(=O)O)c(C)nc3sc4c(c23)CCC4)cc1. The van der Waals surface area contributed by atoms with Gasteiger partial charge in [0.1, 0.15) is 10.6 Å². The van der Waals surface area contributed by atoms with Crippen molar-refractivity contribution in [3.05, 3.63) is 46.0 Å². The van der Waals surface area contributed by atoms with Gasteiger partial charge in [-0.1, -0.05) is 12.1 Å². The molecular weight excluding hydrogens is 334 g/mol. The minimum Gasteiger partial charge on any atom is -0.497 e. The molecule has 4 nitrogen and oxygen atoms in total. The van der Waals surface area contributed by atoms with E-state index in [-0.39, 0.29) is 6.42 Å². The minimum atomic E-state index is -0.828. The van der Waals surface area contributed by atoms with Gasteiger partial charge in [0, 0.05) is 16.0 Å². The molecule has 2 heterocycles. The summed E-state index contributed by atoms with van der Waals surface area (Å²) in [6.45, 7) is 1.91. The number of aromatic nitrogens is 1. The van der Waals surface area contributed by atoms with Crippen LogP contribution in [0.15, 0.2) is 24.3 Å². The van der Waals surface area contributed by atoms with Gasteiger partial charge in [0.15, 0.2) is 0 Å². The minimum absolute atomic E-state index is 0.0131. The molecule has 1 aliphatic carbocycles. The molecule has 0 spiro atoms. The van der Waals surface area contributed by atoms with Gasteiger partial charge in [0.05, 0.1) is 13.5 Å². The second kappa shape index (κ2) is 6.15.